The predicted octanol–water partition coefficient (Wildman–Crippen LogP) is -0.346. The van der Waals surface area contributed by atoms with Gasteiger partial charge in [0.25, 0.3) is 0 Å². The molecule has 5 heavy (non-hydrogen) atoms. The van der Waals surface area contributed by atoms with E-state index >= 15 is 0 Å². The third-order valence-corrected chi connectivity index (χ3v) is 1.03. The molecule has 1 nitrogen and oxygen atoms in total. The monoisotopic (exact) mass is 139 g/mol. The minimum atomic E-state index is 0.828. The molecule has 0 amide bonds. The molecule has 0 heterocycles. The zero-order valence-corrected chi connectivity index (χ0v) is 5.02. The average Bonchev–Trinajstić information content (AvgIpc) is 1.41. The van der Waals surface area contributed by atoms with Crippen LogP contribution in [-0.4, -0.2) is 22.6 Å². The van der Waals surface area contributed by atoms with Gasteiger partial charge in [-0.25, -0.2) is 0 Å². The molecular weight excluding hydrogens is 129 g/mol. The van der Waals surface area contributed by atoms with Crippen LogP contribution in [0.3, 0.4) is 0 Å². The van der Waals surface area contributed by atoms with Gasteiger partial charge in [0, 0.05) is 0 Å². The van der Waals surface area contributed by atoms with E-state index in [-0.39, 0.29) is 0 Å². The van der Waals surface area contributed by atoms with Crippen molar-refractivity contribution in [2.45, 2.75) is 11.7 Å². The summed E-state index contributed by atoms with van der Waals surface area (Å²) in [5.74, 6) is 0. The van der Waals surface area contributed by atoms with Gasteiger partial charge in [0.15, 0.2) is 0 Å². The first kappa shape index (κ1) is 5.48. The summed E-state index contributed by atoms with van der Waals surface area (Å²) < 4.78 is 0. The second kappa shape index (κ2) is 4.48. The fourth-order valence-corrected chi connectivity index (χ4v) is 0.474. The molecule has 0 saturated carbocycles. The zero-order chi connectivity index (χ0) is 4.12. The van der Waals surface area contributed by atoms with Crippen LogP contribution in [-0.2, 0) is 0 Å². The summed E-state index contributed by atoms with van der Waals surface area (Å²) in [5, 5.41) is 1.16. The van der Waals surface area contributed by atoms with E-state index < -0.39 is 0 Å². The van der Waals surface area contributed by atoms with Crippen molar-refractivity contribution in [3.8, 4) is 0 Å². The van der Waals surface area contributed by atoms with E-state index in [1.807, 2.05) is 0 Å². The van der Waals surface area contributed by atoms with Crippen LogP contribution in [0.15, 0.2) is 0 Å². The van der Waals surface area contributed by atoms with Crippen molar-refractivity contribution in [1.29, 1.82) is 0 Å². The van der Waals surface area contributed by atoms with Gasteiger partial charge in [-0.3, -0.25) is 0 Å². The Balaban J connectivity index is 2.19. The van der Waals surface area contributed by atoms with Gasteiger partial charge in [-0.15, -0.1) is 0 Å². The molecule has 0 aliphatic heterocycles. The Bertz CT molecular complexity index is 14.4. The molecule has 32 valence electrons. The molecule has 0 atom stereocenters. The van der Waals surface area contributed by atoms with Gasteiger partial charge in [-0.1, -0.05) is 0 Å². The molecule has 2 heteroatoms. The molecule has 0 bridgehead atoms. The maximum absolute atomic E-state index is 5.13. The molecule has 0 spiro atoms. The molecule has 0 saturated heterocycles. The van der Waals surface area contributed by atoms with Gasteiger partial charge in [0.2, 0.25) is 0 Å². The third kappa shape index (κ3) is 4.48. The molecule has 2 N–H and O–H groups in total. The minimum absolute atomic E-state index is 0.828. The van der Waals surface area contributed by atoms with Crippen molar-refractivity contribution in [3.05, 3.63) is 0 Å². The summed E-state index contributed by atoms with van der Waals surface area (Å²) in [7, 11) is 0. The zero-order valence-electron chi connectivity index (χ0n) is 3.15. The van der Waals surface area contributed by atoms with Crippen LogP contribution in [0.4, 0.5) is 0 Å². The summed E-state index contributed by atoms with van der Waals surface area (Å²) in [4.78, 5) is 0. The molecule has 0 radical (unpaired) electrons. The summed E-state index contributed by atoms with van der Waals surface area (Å²) in [6, 6.07) is 0. The van der Waals surface area contributed by atoms with Crippen LogP contribution in [0, 0.1) is 0 Å². The first-order valence-electron chi connectivity index (χ1n) is 1.72. The topological polar surface area (TPSA) is 26.0 Å². The third-order valence-electron chi connectivity index (χ3n) is 0.362. The van der Waals surface area contributed by atoms with Crippen LogP contribution in [0.25, 0.3) is 0 Å². The van der Waals surface area contributed by atoms with Gasteiger partial charge < -0.3 is 0 Å². The van der Waals surface area contributed by atoms with Crippen LogP contribution < -0.4 is 5.73 Å². The Hall–Kier alpha value is 0.479. The number of hydrogen-bond acceptors (Lipinski definition) is 1. The van der Waals surface area contributed by atoms with Gasteiger partial charge in [-0.2, -0.15) is 0 Å². The average molecular weight is 138 g/mol. The van der Waals surface area contributed by atoms with Crippen molar-refractivity contribution in [3.63, 3.8) is 0 Å². The molecule has 0 unspecified atom stereocenters. The fraction of sp³-hybridized carbons (Fsp3) is 1.00. The van der Waals surface area contributed by atoms with E-state index in [2.05, 4.69) is 16.0 Å². The van der Waals surface area contributed by atoms with Crippen LogP contribution in [0.5, 0.6) is 0 Å². The SMILES string of the molecule is NCCC[SeH]. The standard InChI is InChI=1S/C3H9NSe/c4-2-1-3-5/h5H,1-4H2. The molecule has 0 aromatic rings. The molecule has 0 aliphatic rings. The van der Waals surface area contributed by atoms with E-state index in [9.17, 15) is 0 Å². The summed E-state index contributed by atoms with van der Waals surface area (Å²) in [6.07, 6.45) is 1.14. The molecule has 0 aromatic heterocycles. The molecule has 0 aromatic carbocycles. The van der Waals surface area contributed by atoms with Crippen LogP contribution in [0.2, 0.25) is 5.32 Å². The van der Waals surface area contributed by atoms with Crippen molar-refractivity contribution in [2.75, 3.05) is 6.54 Å². The molecule has 0 rings (SSSR count). The normalized spacial score (nSPS) is 8.40. The van der Waals surface area contributed by atoms with Crippen molar-refractivity contribution < 1.29 is 0 Å². The number of nitrogens with two attached hydrogens (primary N) is 1. The summed E-state index contributed by atoms with van der Waals surface area (Å²) in [5.41, 5.74) is 5.13. The Morgan fingerprint density at radius 2 is 2.20 bits per heavy atom. The van der Waals surface area contributed by atoms with Crippen LogP contribution in [0.1, 0.15) is 6.42 Å². The number of hydrogen-bond donors (Lipinski definition) is 1. The Labute approximate surface area is 40.7 Å². The Morgan fingerprint density at radius 3 is 2.20 bits per heavy atom. The van der Waals surface area contributed by atoms with Crippen molar-refractivity contribution in [1.82, 2.24) is 0 Å². The van der Waals surface area contributed by atoms with Crippen LogP contribution >= 0.6 is 0 Å². The first-order valence-corrected chi connectivity index (χ1v) is 3.05. The summed E-state index contributed by atoms with van der Waals surface area (Å²) >= 11 is 2.50. The maximum atomic E-state index is 5.13. The molecule has 0 fully saturated rings. The van der Waals surface area contributed by atoms with E-state index in [0.717, 1.165) is 18.3 Å². The van der Waals surface area contributed by atoms with Gasteiger partial charge >= 0.3 is 40.0 Å². The quantitative estimate of drug-likeness (QED) is 0.519. The fourth-order valence-electron chi connectivity index (χ4n) is 0.0913. The second-order valence-corrected chi connectivity index (χ2v) is 1.80. The Morgan fingerprint density at radius 1 is 1.60 bits per heavy atom. The molecular formula is C3H9NSe. The number of rotatable bonds is 2. The first-order chi connectivity index (χ1) is 2.41. The van der Waals surface area contributed by atoms with Crippen molar-refractivity contribution >= 4 is 16.0 Å². The summed E-state index contributed by atoms with van der Waals surface area (Å²) in [6.45, 7) is 0.828. The van der Waals surface area contributed by atoms with E-state index in [4.69, 9.17) is 5.73 Å². The van der Waals surface area contributed by atoms with E-state index in [0.29, 0.717) is 0 Å². The predicted molar refractivity (Wildman–Crippen MR) is 25.6 cm³/mol. The van der Waals surface area contributed by atoms with Gasteiger partial charge in [0.05, 0.1) is 0 Å². The van der Waals surface area contributed by atoms with E-state index in [1.54, 1.807) is 0 Å². The van der Waals surface area contributed by atoms with Gasteiger partial charge in [-0.05, 0) is 0 Å². The molecule has 0 aliphatic carbocycles. The van der Waals surface area contributed by atoms with Crippen molar-refractivity contribution in [2.24, 2.45) is 5.73 Å². The van der Waals surface area contributed by atoms with Gasteiger partial charge in [0.1, 0.15) is 0 Å². The second-order valence-electron chi connectivity index (χ2n) is 0.866. The van der Waals surface area contributed by atoms with E-state index in [1.165, 1.54) is 0 Å². The Kier molecular flexibility index (Phi) is 4.91.